The Morgan fingerprint density at radius 1 is 1.07 bits per heavy atom. The maximum atomic E-state index is 3.60. The van der Waals surface area contributed by atoms with Crippen LogP contribution in [0, 0.1) is 0 Å². The SMILES string of the molecule is Brc1ccccc1CCN1CCCCC1. The van der Waals surface area contributed by atoms with Gasteiger partial charge in [-0.1, -0.05) is 40.5 Å². The second-order valence-electron chi connectivity index (χ2n) is 4.24. The Bertz CT molecular complexity index is 305. The van der Waals surface area contributed by atoms with Gasteiger partial charge in [-0.25, -0.2) is 0 Å². The van der Waals surface area contributed by atoms with Gasteiger partial charge in [0.15, 0.2) is 0 Å². The van der Waals surface area contributed by atoms with Gasteiger partial charge in [0.2, 0.25) is 0 Å². The lowest BCUT2D eigenvalue weighted by Crippen LogP contribution is -2.31. The Hall–Kier alpha value is -0.340. The molecule has 1 heterocycles. The fourth-order valence-electron chi connectivity index (χ4n) is 2.16. The number of piperidine rings is 1. The Labute approximate surface area is 101 Å². The third-order valence-corrected chi connectivity index (χ3v) is 3.88. The fraction of sp³-hybridized carbons (Fsp3) is 0.538. The van der Waals surface area contributed by atoms with E-state index in [1.54, 1.807) is 0 Å². The number of hydrogen-bond acceptors (Lipinski definition) is 1. The maximum Gasteiger partial charge on any atom is 0.0207 e. The van der Waals surface area contributed by atoms with Gasteiger partial charge in [-0.05, 0) is 44.0 Å². The van der Waals surface area contributed by atoms with Crippen LogP contribution in [0.5, 0.6) is 0 Å². The molecule has 1 aliphatic heterocycles. The molecule has 0 radical (unpaired) electrons. The summed E-state index contributed by atoms with van der Waals surface area (Å²) in [5.41, 5.74) is 1.43. The normalized spacial score (nSPS) is 17.9. The highest BCUT2D eigenvalue weighted by molar-refractivity contribution is 9.10. The Morgan fingerprint density at radius 3 is 2.53 bits per heavy atom. The summed E-state index contributed by atoms with van der Waals surface area (Å²) >= 11 is 3.60. The predicted molar refractivity (Wildman–Crippen MR) is 68.1 cm³/mol. The number of halogens is 1. The van der Waals surface area contributed by atoms with E-state index in [1.807, 2.05) is 0 Å². The summed E-state index contributed by atoms with van der Waals surface area (Å²) in [6, 6.07) is 8.55. The molecule has 1 aliphatic rings. The van der Waals surface area contributed by atoms with Crippen molar-refractivity contribution >= 4 is 15.9 Å². The van der Waals surface area contributed by atoms with E-state index in [0.29, 0.717) is 0 Å². The first-order valence-electron chi connectivity index (χ1n) is 5.82. The molecule has 82 valence electrons. The smallest absolute Gasteiger partial charge is 0.0207 e. The largest absolute Gasteiger partial charge is 0.303 e. The quantitative estimate of drug-likeness (QED) is 0.811. The van der Waals surface area contributed by atoms with Crippen molar-refractivity contribution in [3.63, 3.8) is 0 Å². The molecular formula is C13H18BrN. The molecule has 0 spiro atoms. The van der Waals surface area contributed by atoms with Gasteiger partial charge in [0.25, 0.3) is 0 Å². The highest BCUT2D eigenvalue weighted by atomic mass is 79.9. The summed E-state index contributed by atoms with van der Waals surface area (Å²) in [7, 11) is 0. The van der Waals surface area contributed by atoms with Gasteiger partial charge in [0.1, 0.15) is 0 Å². The standard InChI is InChI=1S/C13H18BrN/c14-13-7-3-2-6-12(13)8-11-15-9-4-1-5-10-15/h2-3,6-7H,1,4-5,8-11H2. The molecular weight excluding hydrogens is 250 g/mol. The minimum Gasteiger partial charge on any atom is -0.303 e. The van der Waals surface area contributed by atoms with Crippen molar-refractivity contribution in [3.8, 4) is 0 Å². The Morgan fingerprint density at radius 2 is 1.80 bits per heavy atom. The van der Waals surface area contributed by atoms with Crippen LogP contribution in [0.1, 0.15) is 24.8 Å². The van der Waals surface area contributed by atoms with Crippen molar-refractivity contribution in [2.75, 3.05) is 19.6 Å². The van der Waals surface area contributed by atoms with Crippen LogP contribution < -0.4 is 0 Å². The van der Waals surface area contributed by atoms with Crippen molar-refractivity contribution in [2.45, 2.75) is 25.7 Å². The molecule has 2 heteroatoms. The monoisotopic (exact) mass is 267 g/mol. The van der Waals surface area contributed by atoms with Crippen LogP contribution in [-0.2, 0) is 6.42 Å². The molecule has 0 bridgehead atoms. The summed E-state index contributed by atoms with van der Waals surface area (Å²) in [6.07, 6.45) is 5.36. The minimum atomic E-state index is 1.17. The van der Waals surface area contributed by atoms with Crippen LogP contribution in [0.4, 0.5) is 0 Å². The number of rotatable bonds is 3. The molecule has 1 aromatic carbocycles. The molecule has 0 saturated carbocycles. The molecule has 2 rings (SSSR count). The van der Waals surface area contributed by atoms with Gasteiger partial charge in [0.05, 0.1) is 0 Å². The lowest BCUT2D eigenvalue weighted by atomic mass is 10.1. The number of hydrogen-bond donors (Lipinski definition) is 0. The maximum absolute atomic E-state index is 3.60. The van der Waals surface area contributed by atoms with Crippen molar-refractivity contribution in [3.05, 3.63) is 34.3 Å². The van der Waals surface area contributed by atoms with E-state index in [4.69, 9.17) is 0 Å². The summed E-state index contributed by atoms with van der Waals surface area (Å²) in [5, 5.41) is 0. The molecule has 0 atom stereocenters. The molecule has 0 aliphatic carbocycles. The van der Waals surface area contributed by atoms with Gasteiger partial charge >= 0.3 is 0 Å². The highest BCUT2D eigenvalue weighted by Gasteiger charge is 2.09. The average Bonchev–Trinajstić information content (AvgIpc) is 2.29. The second kappa shape index (κ2) is 5.66. The van der Waals surface area contributed by atoms with Gasteiger partial charge < -0.3 is 4.90 Å². The fourth-order valence-corrected chi connectivity index (χ4v) is 2.65. The van der Waals surface area contributed by atoms with Crippen LogP contribution in [0.25, 0.3) is 0 Å². The number of likely N-dealkylation sites (tertiary alicyclic amines) is 1. The lowest BCUT2D eigenvalue weighted by Gasteiger charge is -2.26. The number of benzene rings is 1. The van der Waals surface area contributed by atoms with Crippen LogP contribution in [-0.4, -0.2) is 24.5 Å². The summed E-state index contributed by atoms with van der Waals surface area (Å²) < 4.78 is 1.25. The molecule has 0 N–H and O–H groups in total. The summed E-state index contributed by atoms with van der Waals surface area (Å²) in [4.78, 5) is 2.59. The van der Waals surface area contributed by atoms with Gasteiger partial charge in [-0.2, -0.15) is 0 Å². The Balaban J connectivity index is 1.84. The van der Waals surface area contributed by atoms with Gasteiger partial charge in [-0.3, -0.25) is 0 Å². The molecule has 0 unspecified atom stereocenters. The van der Waals surface area contributed by atoms with Gasteiger partial charge in [0, 0.05) is 11.0 Å². The number of nitrogens with zero attached hydrogens (tertiary/aromatic N) is 1. The lowest BCUT2D eigenvalue weighted by molar-refractivity contribution is 0.231. The third kappa shape index (κ3) is 3.32. The zero-order valence-electron chi connectivity index (χ0n) is 9.08. The predicted octanol–water partition coefficient (Wildman–Crippen LogP) is 3.48. The zero-order valence-corrected chi connectivity index (χ0v) is 10.7. The van der Waals surface area contributed by atoms with E-state index < -0.39 is 0 Å². The minimum absolute atomic E-state index is 1.17. The molecule has 1 aromatic rings. The molecule has 0 aromatic heterocycles. The van der Waals surface area contributed by atoms with E-state index in [2.05, 4.69) is 45.1 Å². The van der Waals surface area contributed by atoms with Crippen molar-refractivity contribution in [1.29, 1.82) is 0 Å². The zero-order chi connectivity index (χ0) is 10.5. The highest BCUT2D eigenvalue weighted by Crippen LogP contribution is 2.17. The topological polar surface area (TPSA) is 3.24 Å². The third-order valence-electron chi connectivity index (χ3n) is 3.10. The van der Waals surface area contributed by atoms with Crippen LogP contribution in [0.15, 0.2) is 28.7 Å². The van der Waals surface area contributed by atoms with Crippen molar-refractivity contribution < 1.29 is 0 Å². The van der Waals surface area contributed by atoms with E-state index in [1.165, 1.54) is 55.4 Å². The average molecular weight is 268 g/mol. The van der Waals surface area contributed by atoms with E-state index in [0.717, 1.165) is 0 Å². The van der Waals surface area contributed by atoms with Crippen LogP contribution in [0.3, 0.4) is 0 Å². The molecule has 1 nitrogen and oxygen atoms in total. The molecule has 15 heavy (non-hydrogen) atoms. The summed E-state index contributed by atoms with van der Waals surface area (Å²) in [6.45, 7) is 3.80. The summed E-state index contributed by atoms with van der Waals surface area (Å²) in [5.74, 6) is 0. The van der Waals surface area contributed by atoms with Crippen LogP contribution >= 0.6 is 15.9 Å². The first kappa shape index (κ1) is 11.2. The second-order valence-corrected chi connectivity index (χ2v) is 5.10. The van der Waals surface area contributed by atoms with Crippen molar-refractivity contribution in [1.82, 2.24) is 4.90 Å². The molecule has 0 amide bonds. The molecule has 1 saturated heterocycles. The first-order chi connectivity index (χ1) is 7.36. The van der Waals surface area contributed by atoms with E-state index in [-0.39, 0.29) is 0 Å². The van der Waals surface area contributed by atoms with E-state index >= 15 is 0 Å². The Kier molecular flexibility index (Phi) is 4.21. The van der Waals surface area contributed by atoms with Gasteiger partial charge in [-0.15, -0.1) is 0 Å². The van der Waals surface area contributed by atoms with Crippen LogP contribution in [0.2, 0.25) is 0 Å². The molecule has 1 fully saturated rings. The first-order valence-corrected chi connectivity index (χ1v) is 6.61. The van der Waals surface area contributed by atoms with E-state index in [9.17, 15) is 0 Å². The van der Waals surface area contributed by atoms with Crippen molar-refractivity contribution in [2.24, 2.45) is 0 Å².